The highest BCUT2D eigenvalue weighted by Crippen LogP contribution is 2.25. The van der Waals surface area contributed by atoms with Gasteiger partial charge in [-0.15, -0.1) is 0 Å². The van der Waals surface area contributed by atoms with E-state index < -0.39 is 42.1 Å². The van der Waals surface area contributed by atoms with Gasteiger partial charge in [0.05, 0.1) is 23.8 Å². The van der Waals surface area contributed by atoms with E-state index in [2.05, 4.69) is 5.32 Å². The van der Waals surface area contributed by atoms with Gasteiger partial charge in [0, 0.05) is 30.5 Å². The molecule has 0 radical (unpaired) electrons. The van der Waals surface area contributed by atoms with Gasteiger partial charge in [-0.3, -0.25) is 23.7 Å². The number of hydrogen-bond acceptors (Lipinski definition) is 8. The highest BCUT2D eigenvalue weighted by atomic mass is 16.5. The van der Waals surface area contributed by atoms with E-state index in [-0.39, 0.29) is 25.4 Å². The van der Waals surface area contributed by atoms with Crippen LogP contribution in [0.3, 0.4) is 0 Å². The van der Waals surface area contributed by atoms with E-state index in [4.69, 9.17) is 15.7 Å². The molecule has 1 fully saturated rings. The van der Waals surface area contributed by atoms with Gasteiger partial charge in [-0.1, -0.05) is 6.07 Å². The molecule has 1 saturated heterocycles. The number of pyridine rings is 1. The summed E-state index contributed by atoms with van der Waals surface area (Å²) in [5.41, 5.74) is 6.94. The molecule has 37 heavy (non-hydrogen) atoms. The average molecular weight is 505 g/mol. The van der Waals surface area contributed by atoms with Crippen LogP contribution in [0.1, 0.15) is 11.1 Å². The molecule has 1 aliphatic rings. The lowest BCUT2D eigenvalue weighted by atomic mass is 10.1. The van der Waals surface area contributed by atoms with Crippen LogP contribution in [0.25, 0.3) is 10.9 Å². The van der Waals surface area contributed by atoms with Gasteiger partial charge < -0.3 is 30.9 Å². The first-order valence-corrected chi connectivity index (χ1v) is 11.2. The summed E-state index contributed by atoms with van der Waals surface area (Å²) >= 11 is 0. The molecular weight excluding hydrogens is 482 g/mol. The molecule has 4 rings (SSSR count). The van der Waals surface area contributed by atoms with Gasteiger partial charge in [-0.2, -0.15) is 5.26 Å². The fourth-order valence-electron chi connectivity index (χ4n) is 4.13. The standard InChI is InChI=1S/C25H23N5O7/c26-11-15-1-4-17(9-16(15)12-27)28-24(35)22(34)23-25(36)29(7-8-37-23)18-5-2-14-3-6-20(31)30(13-21(32)33)19(14)10-18/h1-6,9-10,22-23,34H,7-8,12-13,27H2,(H,28,35)(H,32,33). The Morgan fingerprint density at radius 2 is 1.95 bits per heavy atom. The molecule has 1 aliphatic heterocycles. The first kappa shape index (κ1) is 25.5. The summed E-state index contributed by atoms with van der Waals surface area (Å²) in [7, 11) is 0. The van der Waals surface area contributed by atoms with Crippen LogP contribution in [0.4, 0.5) is 11.4 Å². The number of carboxylic acid groups (broad SMARTS) is 1. The molecule has 5 N–H and O–H groups in total. The van der Waals surface area contributed by atoms with Gasteiger partial charge >= 0.3 is 5.97 Å². The predicted molar refractivity (Wildman–Crippen MR) is 132 cm³/mol. The second-order valence-electron chi connectivity index (χ2n) is 8.30. The Morgan fingerprint density at radius 3 is 2.65 bits per heavy atom. The summed E-state index contributed by atoms with van der Waals surface area (Å²) < 4.78 is 6.51. The number of aliphatic hydroxyl groups is 1. The van der Waals surface area contributed by atoms with Crippen LogP contribution in [0.2, 0.25) is 0 Å². The normalized spacial score (nSPS) is 16.3. The first-order chi connectivity index (χ1) is 17.7. The van der Waals surface area contributed by atoms with E-state index in [1.54, 1.807) is 18.2 Å². The van der Waals surface area contributed by atoms with Crippen molar-refractivity contribution in [1.29, 1.82) is 5.26 Å². The molecule has 2 heterocycles. The van der Waals surface area contributed by atoms with Gasteiger partial charge in [0.2, 0.25) is 0 Å². The third kappa shape index (κ3) is 5.19. The van der Waals surface area contributed by atoms with Crippen molar-refractivity contribution in [2.75, 3.05) is 23.4 Å². The van der Waals surface area contributed by atoms with Crippen molar-refractivity contribution in [1.82, 2.24) is 4.57 Å². The van der Waals surface area contributed by atoms with Gasteiger partial charge in [0.1, 0.15) is 6.54 Å². The van der Waals surface area contributed by atoms with E-state index in [0.29, 0.717) is 27.7 Å². The lowest BCUT2D eigenvalue weighted by molar-refractivity contribution is -0.150. The Balaban J connectivity index is 1.57. The molecule has 12 heteroatoms. The predicted octanol–water partition coefficient (Wildman–Crippen LogP) is 0.148. The molecule has 2 aromatic carbocycles. The quantitative estimate of drug-likeness (QED) is 0.346. The molecule has 0 saturated carbocycles. The van der Waals surface area contributed by atoms with Crippen molar-refractivity contribution in [3.63, 3.8) is 0 Å². The van der Waals surface area contributed by atoms with Crippen molar-refractivity contribution in [2.24, 2.45) is 5.73 Å². The molecule has 0 bridgehead atoms. The lowest BCUT2D eigenvalue weighted by Gasteiger charge is -2.34. The van der Waals surface area contributed by atoms with Crippen LogP contribution >= 0.6 is 0 Å². The number of amides is 2. The topological polar surface area (TPSA) is 188 Å². The maximum Gasteiger partial charge on any atom is 0.323 e. The van der Waals surface area contributed by atoms with E-state index >= 15 is 0 Å². The maximum absolute atomic E-state index is 13.2. The summed E-state index contributed by atoms with van der Waals surface area (Å²) in [5.74, 6) is -2.77. The number of fused-ring (bicyclic) bond motifs is 1. The zero-order valence-corrected chi connectivity index (χ0v) is 19.5. The summed E-state index contributed by atoms with van der Waals surface area (Å²) in [6.07, 6.45) is -3.35. The number of carbonyl (C=O) groups excluding carboxylic acids is 2. The first-order valence-electron chi connectivity index (χ1n) is 11.2. The molecule has 3 aromatic rings. The fourth-order valence-corrected chi connectivity index (χ4v) is 4.13. The number of rotatable bonds is 7. The van der Waals surface area contributed by atoms with E-state index in [1.165, 1.54) is 35.2 Å². The SMILES string of the molecule is N#Cc1ccc(NC(=O)C(O)C2OCCN(c3ccc4ccc(=O)n(CC(=O)O)c4c3)C2=O)cc1CN. The van der Waals surface area contributed by atoms with Crippen molar-refractivity contribution in [2.45, 2.75) is 25.3 Å². The number of carbonyl (C=O) groups is 3. The molecule has 2 atom stereocenters. The largest absolute Gasteiger partial charge is 0.480 e. The van der Waals surface area contributed by atoms with E-state index in [0.717, 1.165) is 4.57 Å². The van der Waals surface area contributed by atoms with Crippen LogP contribution in [-0.2, 0) is 32.2 Å². The van der Waals surface area contributed by atoms with Crippen molar-refractivity contribution in [3.8, 4) is 6.07 Å². The van der Waals surface area contributed by atoms with Gasteiger partial charge in [0.15, 0.2) is 12.2 Å². The molecule has 1 aromatic heterocycles. The smallest absolute Gasteiger partial charge is 0.323 e. The van der Waals surface area contributed by atoms with E-state index in [9.17, 15) is 29.4 Å². The second kappa shape index (κ2) is 10.6. The number of carboxylic acids is 1. The second-order valence-corrected chi connectivity index (χ2v) is 8.30. The Morgan fingerprint density at radius 1 is 1.19 bits per heavy atom. The average Bonchev–Trinajstić information content (AvgIpc) is 2.89. The lowest BCUT2D eigenvalue weighted by Crippen LogP contribution is -2.55. The summed E-state index contributed by atoms with van der Waals surface area (Å²) in [4.78, 5) is 50.8. The number of nitrogens with one attached hydrogen (secondary N) is 1. The molecule has 0 aliphatic carbocycles. The number of ether oxygens (including phenoxy) is 1. The van der Waals surface area contributed by atoms with Crippen LogP contribution in [-0.4, -0.2) is 57.9 Å². The van der Waals surface area contributed by atoms with Crippen molar-refractivity contribution >= 4 is 40.1 Å². The Bertz CT molecular complexity index is 1490. The van der Waals surface area contributed by atoms with Crippen LogP contribution in [0.5, 0.6) is 0 Å². The summed E-state index contributed by atoms with van der Waals surface area (Å²) in [6, 6.07) is 14.1. The summed E-state index contributed by atoms with van der Waals surface area (Å²) in [6.45, 7) is -0.357. The molecular formula is C25H23N5O7. The minimum atomic E-state index is -1.85. The van der Waals surface area contributed by atoms with Gasteiger partial charge in [0.25, 0.3) is 17.4 Å². The molecule has 12 nitrogen and oxygen atoms in total. The van der Waals surface area contributed by atoms with Crippen molar-refractivity contribution in [3.05, 3.63) is 70.0 Å². The van der Waals surface area contributed by atoms with Gasteiger partial charge in [-0.05, 0) is 47.3 Å². The molecule has 190 valence electrons. The Hall–Kier alpha value is -4.57. The zero-order chi connectivity index (χ0) is 26.7. The number of benzene rings is 2. The number of nitriles is 1. The number of morpholine rings is 1. The van der Waals surface area contributed by atoms with Gasteiger partial charge in [-0.25, -0.2) is 0 Å². The number of aliphatic hydroxyl groups excluding tert-OH is 1. The Kier molecular flexibility index (Phi) is 7.30. The Labute approximate surface area is 210 Å². The van der Waals surface area contributed by atoms with Crippen LogP contribution in [0, 0.1) is 11.3 Å². The monoisotopic (exact) mass is 505 g/mol. The third-order valence-electron chi connectivity index (χ3n) is 5.97. The third-order valence-corrected chi connectivity index (χ3v) is 5.97. The summed E-state index contributed by atoms with van der Waals surface area (Å²) in [5, 5.41) is 32.1. The highest BCUT2D eigenvalue weighted by Gasteiger charge is 2.39. The number of nitrogens with zero attached hydrogens (tertiary/aromatic N) is 3. The number of anilines is 2. The maximum atomic E-state index is 13.2. The molecule has 2 amide bonds. The van der Waals surface area contributed by atoms with Crippen LogP contribution < -0.4 is 21.5 Å². The number of aliphatic carboxylic acids is 1. The fraction of sp³-hybridized carbons (Fsp3) is 0.240. The zero-order valence-electron chi connectivity index (χ0n) is 19.5. The minimum Gasteiger partial charge on any atom is -0.480 e. The number of aromatic nitrogens is 1. The molecule has 0 spiro atoms. The number of nitrogens with two attached hydrogens (primary N) is 1. The van der Waals surface area contributed by atoms with Crippen LogP contribution in [0.15, 0.2) is 53.3 Å². The van der Waals surface area contributed by atoms with Crippen molar-refractivity contribution < 1.29 is 29.3 Å². The highest BCUT2D eigenvalue weighted by molar-refractivity contribution is 6.04. The van der Waals surface area contributed by atoms with E-state index in [1.807, 2.05) is 6.07 Å². The molecule has 2 unspecified atom stereocenters. The minimum absolute atomic E-state index is 0.0176. The number of hydrogen-bond donors (Lipinski definition) is 4.